The van der Waals surface area contributed by atoms with E-state index in [1.165, 1.54) is 12.1 Å². The van der Waals surface area contributed by atoms with Gasteiger partial charge >= 0.3 is 6.36 Å². The number of alkyl halides is 3. The van der Waals surface area contributed by atoms with E-state index >= 15 is 0 Å². The molecule has 0 radical (unpaired) electrons. The SMILES string of the molecule is CN1CC[C@@]2(CC[C@@H](c3cc(-c4cccc(OC(F)(F)F)c4)ccn3)N2)C1.Cl. The van der Waals surface area contributed by atoms with Crippen molar-refractivity contribution in [2.75, 3.05) is 20.1 Å². The highest BCUT2D eigenvalue weighted by atomic mass is 35.5. The van der Waals surface area contributed by atoms with Crippen molar-refractivity contribution in [3.8, 4) is 16.9 Å². The number of likely N-dealkylation sites (tertiary alicyclic amines) is 1. The highest BCUT2D eigenvalue weighted by Gasteiger charge is 2.43. The Hall–Kier alpha value is -1.83. The largest absolute Gasteiger partial charge is 0.573 e. The second-order valence-electron chi connectivity index (χ2n) is 7.55. The molecule has 4 rings (SSSR count). The van der Waals surface area contributed by atoms with Gasteiger partial charge in [0.15, 0.2) is 0 Å². The molecule has 152 valence electrons. The van der Waals surface area contributed by atoms with E-state index in [0.29, 0.717) is 5.56 Å². The number of benzene rings is 1. The van der Waals surface area contributed by atoms with Crippen LogP contribution in [0.25, 0.3) is 11.1 Å². The highest BCUT2D eigenvalue weighted by Crippen LogP contribution is 2.38. The lowest BCUT2D eigenvalue weighted by molar-refractivity contribution is -0.274. The fourth-order valence-electron chi connectivity index (χ4n) is 4.25. The van der Waals surface area contributed by atoms with Gasteiger partial charge in [-0.05, 0) is 68.2 Å². The summed E-state index contributed by atoms with van der Waals surface area (Å²) in [5.74, 6) is -0.217. The van der Waals surface area contributed by atoms with Gasteiger partial charge in [-0.25, -0.2) is 0 Å². The van der Waals surface area contributed by atoms with Crippen LogP contribution in [-0.4, -0.2) is 41.9 Å². The van der Waals surface area contributed by atoms with Gasteiger partial charge < -0.3 is 15.0 Å². The summed E-state index contributed by atoms with van der Waals surface area (Å²) in [6.07, 6.45) is 0.287. The van der Waals surface area contributed by atoms with Crippen LogP contribution in [0, 0.1) is 0 Å². The number of halogens is 4. The molecule has 28 heavy (non-hydrogen) atoms. The number of ether oxygens (including phenoxy) is 1. The Morgan fingerprint density at radius 1 is 1.18 bits per heavy atom. The van der Waals surface area contributed by atoms with Crippen molar-refractivity contribution in [3.05, 3.63) is 48.3 Å². The Balaban J connectivity index is 0.00000225. The molecular weight excluding hydrogens is 391 g/mol. The highest BCUT2D eigenvalue weighted by molar-refractivity contribution is 5.85. The lowest BCUT2D eigenvalue weighted by Crippen LogP contribution is -2.42. The molecule has 2 saturated heterocycles. The average molecular weight is 414 g/mol. The molecule has 3 heterocycles. The molecule has 0 aliphatic carbocycles. The van der Waals surface area contributed by atoms with Gasteiger partial charge in [0.1, 0.15) is 5.75 Å². The van der Waals surface area contributed by atoms with E-state index in [-0.39, 0.29) is 29.7 Å². The van der Waals surface area contributed by atoms with Gasteiger partial charge in [-0.1, -0.05) is 12.1 Å². The van der Waals surface area contributed by atoms with Crippen LogP contribution in [0.4, 0.5) is 13.2 Å². The fraction of sp³-hybridized carbons (Fsp3) is 0.450. The Morgan fingerprint density at radius 2 is 1.96 bits per heavy atom. The summed E-state index contributed by atoms with van der Waals surface area (Å²) in [6.45, 7) is 2.14. The zero-order valence-electron chi connectivity index (χ0n) is 15.5. The van der Waals surface area contributed by atoms with E-state index in [1.54, 1.807) is 18.3 Å². The molecule has 2 fully saturated rings. The van der Waals surface area contributed by atoms with E-state index in [0.717, 1.165) is 43.6 Å². The number of hydrogen-bond acceptors (Lipinski definition) is 4. The molecule has 0 bridgehead atoms. The number of rotatable bonds is 3. The molecule has 2 atom stereocenters. The minimum atomic E-state index is -4.70. The van der Waals surface area contributed by atoms with Crippen LogP contribution in [0.1, 0.15) is 31.0 Å². The summed E-state index contributed by atoms with van der Waals surface area (Å²) >= 11 is 0. The van der Waals surface area contributed by atoms with Crippen molar-refractivity contribution < 1.29 is 17.9 Å². The number of pyridine rings is 1. The topological polar surface area (TPSA) is 37.4 Å². The Labute approximate surface area is 168 Å². The maximum absolute atomic E-state index is 12.5. The minimum absolute atomic E-state index is 0. The molecule has 2 aromatic rings. The first kappa shape index (κ1) is 20.9. The molecule has 8 heteroatoms. The fourth-order valence-corrected chi connectivity index (χ4v) is 4.25. The lowest BCUT2D eigenvalue weighted by Gasteiger charge is -2.25. The molecule has 2 aliphatic heterocycles. The third-order valence-electron chi connectivity index (χ3n) is 5.48. The summed E-state index contributed by atoms with van der Waals surface area (Å²) in [6, 6.07) is 9.99. The molecule has 0 amide bonds. The number of hydrogen-bond donors (Lipinski definition) is 1. The summed E-state index contributed by atoms with van der Waals surface area (Å²) in [5, 5.41) is 3.76. The first-order valence-corrected chi connectivity index (χ1v) is 9.10. The third kappa shape index (κ3) is 4.59. The molecule has 1 aromatic heterocycles. The summed E-state index contributed by atoms with van der Waals surface area (Å²) in [5.41, 5.74) is 2.60. The zero-order chi connectivity index (χ0) is 19.1. The lowest BCUT2D eigenvalue weighted by atomic mass is 9.97. The van der Waals surface area contributed by atoms with E-state index in [4.69, 9.17) is 0 Å². The average Bonchev–Trinajstić information content (AvgIpc) is 3.20. The quantitative estimate of drug-likeness (QED) is 0.800. The van der Waals surface area contributed by atoms with Crippen LogP contribution in [0.5, 0.6) is 5.75 Å². The molecule has 1 spiro atoms. The maximum atomic E-state index is 12.5. The van der Waals surface area contributed by atoms with Crippen LogP contribution in [-0.2, 0) is 0 Å². The Kier molecular flexibility index (Phi) is 5.89. The predicted octanol–water partition coefficient (Wildman–Crippen LogP) is 4.57. The number of nitrogens with zero attached hydrogens (tertiary/aromatic N) is 2. The number of nitrogens with one attached hydrogen (secondary N) is 1. The van der Waals surface area contributed by atoms with E-state index in [2.05, 4.69) is 27.0 Å². The molecule has 0 saturated carbocycles. The summed E-state index contributed by atoms with van der Waals surface area (Å²) in [4.78, 5) is 6.85. The molecule has 1 N–H and O–H groups in total. The van der Waals surface area contributed by atoms with Crippen LogP contribution >= 0.6 is 12.4 Å². The van der Waals surface area contributed by atoms with E-state index in [1.807, 2.05) is 12.1 Å². The number of likely N-dealkylation sites (N-methyl/N-ethyl adjacent to an activating group) is 1. The van der Waals surface area contributed by atoms with Crippen molar-refractivity contribution in [2.24, 2.45) is 0 Å². The van der Waals surface area contributed by atoms with Crippen molar-refractivity contribution in [1.82, 2.24) is 15.2 Å². The van der Waals surface area contributed by atoms with Crippen LogP contribution in [0.3, 0.4) is 0 Å². The van der Waals surface area contributed by atoms with Crippen molar-refractivity contribution in [3.63, 3.8) is 0 Å². The summed E-state index contributed by atoms with van der Waals surface area (Å²) in [7, 11) is 2.14. The zero-order valence-corrected chi connectivity index (χ0v) is 16.3. The monoisotopic (exact) mass is 413 g/mol. The van der Waals surface area contributed by atoms with E-state index in [9.17, 15) is 13.2 Å². The first-order chi connectivity index (χ1) is 12.8. The van der Waals surface area contributed by atoms with Crippen molar-refractivity contribution in [1.29, 1.82) is 0 Å². The van der Waals surface area contributed by atoms with Crippen molar-refractivity contribution in [2.45, 2.75) is 37.2 Å². The molecule has 4 nitrogen and oxygen atoms in total. The molecular formula is C20H23ClF3N3O. The number of aromatic nitrogens is 1. The second-order valence-corrected chi connectivity index (χ2v) is 7.55. The van der Waals surface area contributed by atoms with Crippen LogP contribution < -0.4 is 10.1 Å². The van der Waals surface area contributed by atoms with Crippen LogP contribution in [0.2, 0.25) is 0 Å². The molecule has 1 aromatic carbocycles. The Morgan fingerprint density at radius 3 is 2.68 bits per heavy atom. The normalized spacial score (nSPS) is 25.1. The predicted molar refractivity (Wildman–Crippen MR) is 104 cm³/mol. The summed E-state index contributed by atoms with van der Waals surface area (Å²) < 4.78 is 41.5. The van der Waals surface area contributed by atoms with Crippen LogP contribution in [0.15, 0.2) is 42.6 Å². The van der Waals surface area contributed by atoms with E-state index < -0.39 is 6.36 Å². The maximum Gasteiger partial charge on any atom is 0.573 e. The minimum Gasteiger partial charge on any atom is -0.406 e. The third-order valence-corrected chi connectivity index (χ3v) is 5.48. The Bertz CT molecular complexity index is 832. The van der Waals surface area contributed by atoms with Gasteiger partial charge in [0.05, 0.1) is 11.7 Å². The van der Waals surface area contributed by atoms with Gasteiger partial charge in [0.25, 0.3) is 0 Å². The standard InChI is InChI=1S/C20H22F3N3O.ClH/c1-26-10-8-19(13-26)7-5-17(25-19)18-12-15(6-9-24-18)14-3-2-4-16(11-14)27-20(21,22)23;/h2-4,6,9,11-12,17,25H,5,7-8,10,13H2,1H3;1H/t17-,19-;/m0./s1. The first-order valence-electron chi connectivity index (χ1n) is 9.10. The van der Waals surface area contributed by atoms with Gasteiger partial charge in [0, 0.05) is 18.3 Å². The van der Waals surface area contributed by atoms with Gasteiger partial charge in [-0.2, -0.15) is 0 Å². The van der Waals surface area contributed by atoms with Gasteiger partial charge in [-0.3, -0.25) is 4.98 Å². The smallest absolute Gasteiger partial charge is 0.406 e. The van der Waals surface area contributed by atoms with Gasteiger partial charge in [-0.15, -0.1) is 25.6 Å². The van der Waals surface area contributed by atoms with Gasteiger partial charge in [0.2, 0.25) is 0 Å². The second kappa shape index (κ2) is 7.89. The molecule has 0 unspecified atom stereocenters. The van der Waals surface area contributed by atoms with Crippen molar-refractivity contribution >= 4 is 12.4 Å². The molecule has 2 aliphatic rings.